The van der Waals surface area contributed by atoms with E-state index in [-0.39, 0.29) is 5.57 Å². The molecule has 1 aromatic carbocycles. The molecule has 0 atom stereocenters. The zero-order valence-electron chi connectivity index (χ0n) is 9.33. The van der Waals surface area contributed by atoms with Crippen LogP contribution in [0.3, 0.4) is 0 Å². The van der Waals surface area contributed by atoms with Gasteiger partial charge in [-0.1, -0.05) is 30.3 Å². The highest BCUT2D eigenvalue weighted by Crippen LogP contribution is 2.29. The average Bonchev–Trinajstić information content (AvgIpc) is 2.85. The molecule has 0 radical (unpaired) electrons. The van der Waals surface area contributed by atoms with Crippen molar-refractivity contribution in [1.82, 2.24) is 0 Å². The van der Waals surface area contributed by atoms with Crippen molar-refractivity contribution in [2.45, 2.75) is 0 Å². The Morgan fingerprint density at radius 2 is 1.94 bits per heavy atom. The Morgan fingerprint density at radius 1 is 1.22 bits per heavy atom. The molecule has 2 aromatic rings. The number of rotatable bonds is 3. The molecule has 0 fully saturated rings. The maximum Gasteiger partial charge on any atom is 0.346 e. The topological polar surface area (TPSA) is 61.1 Å². The van der Waals surface area contributed by atoms with Crippen LogP contribution in [0, 0.1) is 11.3 Å². The standard InChI is InChI=1S/C14H9NO2S/c15-9-11(14(16)17)8-12-6-7-13(18-12)10-4-2-1-3-5-10/h1-8H,(H,16,17)/b11-8+. The second-order valence-electron chi connectivity index (χ2n) is 3.54. The molecular weight excluding hydrogens is 246 g/mol. The second-order valence-corrected chi connectivity index (χ2v) is 4.66. The molecule has 0 aliphatic carbocycles. The zero-order chi connectivity index (χ0) is 13.0. The van der Waals surface area contributed by atoms with Crippen LogP contribution < -0.4 is 0 Å². The number of aliphatic carboxylic acids is 1. The predicted octanol–water partition coefficient (Wildman–Crippen LogP) is 3.41. The first-order chi connectivity index (χ1) is 8.70. The number of thiophene rings is 1. The largest absolute Gasteiger partial charge is 0.477 e. The lowest BCUT2D eigenvalue weighted by Crippen LogP contribution is -1.96. The van der Waals surface area contributed by atoms with Crippen LogP contribution in [-0.4, -0.2) is 11.1 Å². The number of benzene rings is 1. The third kappa shape index (κ3) is 2.65. The molecule has 0 saturated carbocycles. The van der Waals surface area contributed by atoms with Crippen molar-refractivity contribution in [1.29, 1.82) is 5.26 Å². The van der Waals surface area contributed by atoms with Gasteiger partial charge in [0.1, 0.15) is 11.6 Å². The monoisotopic (exact) mass is 255 g/mol. The Hall–Kier alpha value is -2.38. The molecule has 0 saturated heterocycles. The van der Waals surface area contributed by atoms with E-state index in [0.29, 0.717) is 0 Å². The van der Waals surface area contributed by atoms with Gasteiger partial charge in [-0.05, 0) is 23.8 Å². The van der Waals surface area contributed by atoms with E-state index in [2.05, 4.69) is 0 Å². The van der Waals surface area contributed by atoms with Gasteiger partial charge < -0.3 is 5.11 Å². The van der Waals surface area contributed by atoms with Gasteiger partial charge in [-0.2, -0.15) is 5.26 Å². The Morgan fingerprint density at radius 3 is 2.56 bits per heavy atom. The van der Waals surface area contributed by atoms with Gasteiger partial charge in [0.05, 0.1) is 0 Å². The SMILES string of the molecule is N#C/C(=C\c1ccc(-c2ccccc2)s1)C(=O)O. The van der Waals surface area contributed by atoms with Gasteiger partial charge in [0.25, 0.3) is 0 Å². The van der Waals surface area contributed by atoms with E-state index < -0.39 is 5.97 Å². The molecule has 2 rings (SSSR count). The number of hydrogen-bond donors (Lipinski definition) is 1. The molecule has 1 heterocycles. The summed E-state index contributed by atoms with van der Waals surface area (Å²) in [5.41, 5.74) is 0.826. The molecule has 0 bridgehead atoms. The average molecular weight is 255 g/mol. The van der Waals surface area contributed by atoms with E-state index in [1.54, 1.807) is 6.07 Å². The summed E-state index contributed by atoms with van der Waals surface area (Å²) < 4.78 is 0. The molecule has 4 heteroatoms. The Labute approximate surface area is 108 Å². The first-order valence-corrected chi connectivity index (χ1v) is 6.02. The third-order valence-electron chi connectivity index (χ3n) is 2.32. The molecule has 3 nitrogen and oxygen atoms in total. The smallest absolute Gasteiger partial charge is 0.346 e. The van der Waals surface area contributed by atoms with E-state index in [4.69, 9.17) is 10.4 Å². The number of nitrogens with zero attached hydrogens (tertiary/aromatic N) is 1. The van der Waals surface area contributed by atoms with E-state index in [1.165, 1.54) is 17.4 Å². The third-order valence-corrected chi connectivity index (χ3v) is 3.40. The Bertz CT molecular complexity index is 635. The first-order valence-electron chi connectivity index (χ1n) is 5.21. The summed E-state index contributed by atoms with van der Waals surface area (Å²) in [6, 6.07) is 15.2. The van der Waals surface area contributed by atoms with Crippen LogP contribution in [-0.2, 0) is 4.79 Å². The van der Waals surface area contributed by atoms with Crippen LogP contribution in [0.25, 0.3) is 16.5 Å². The van der Waals surface area contributed by atoms with Crippen LogP contribution in [0.4, 0.5) is 0 Å². The number of nitriles is 1. The predicted molar refractivity (Wildman–Crippen MR) is 71.0 cm³/mol. The quantitative estimate of drug-likeness (QED) is 0.675. The minimum Gasteiger partial charge on any atom is -0.477 e. The van der Waals surface area contributed by atoms with Crippen LogP contribution >= 0.6 is 11.3 Å². The highest BCUT2D eigenvalue weighted by molar-refractivity contribution is 7.16. The lowest BCUT2D eigenvalue weighted by atomic mass is 10.2. The second kappa shape index (κ2) is 5.30. The van der Waals surface area contributed by atoms with Gasteiger partial charge in [0.15, 0.2) is 0 Å². The van der Waals surface area contributed by atoms with E-state index in [0.717, 1.165) is 15.3 Å². The normalized spacial score (nSPS) is 10.9. The fourth-order valence-electron chi connectivity index (χ4n) is 1.47. The molecule has 18 heavy (non-hydrogen) atoms. The summed E-state index contributed by atoms with van der Waals surface area (Å²) in [5.74, 6) is -1.20. The van der Waals surface area contributed by atoms with Gasteiger partial charge in [-0.25, -0.2) is 4.79 Å². The summed E-state index contributed by atoms with van der Waals surface area (Å²) in [5, 5.41) is 17.5. The summed E-state index contributed by atoms with van der Waals surface area (Å²) in [4.78, 5) is 12.5. The van der Waals surface area contributed by atoms with Crippen molar-refractivity contribution >= 4 is 23.4 Å². The fraction of sp³-hybridized carbons (Fsp3) is 0. The highest BCUT2D eigenvalue weighted by atomic mass is 32.1. The van der Waals surface area contributed by atoms with Crippen LogP contribution in [0.1, 0.15) is 4.88 Å². The minimum atomic E-state index is -1.20. The van der Waals surface area contributed by atoms with Gasteiger partial charge in [0.2, 0.25) is 0 Å². The molecule has 0 spiro atoms. The van der Waals surface area contributed by atoms with Gasteiger partial charge >= 0.3 is 5.97 Å². The van der Waals surface area contributed by atoms with Crippen LogP contribution in [0.2, 0.25) is 0 Å². The summed E-state index contributed by atoms with van der Waals surface area (Å²) in [6.45, 7) is 0. The molecule has 0 unspecified atom stereocenters. The van der Waals surface area contributed by atoms with Gasteiger partial charge in [0, 0.05) is 9.75 Å². The number of hydrogen-bond acceptors (Lipinski definition) is 3. The van der Waals surface area contributed by atoms with Crippen molar-refractivity contribution in [3.63, 3.8) is 0 Å². The van der Waals surface area contributed by atoms with Crippen LogP contribution in [0.5, 0.6) is 0 Å². The number of carbonyl (C=O) groups is 1. The summed E-state index contributed by atoms with van der Waals surface area (Å²) >= 11 is 1.46. The van der Waals surface area contributed by atoms with Crippen molar-refractivity contribution in [3.05, 3.63) is 52.9 Å². The summed E-state index contributed by atoms with van der Waals surface area (Å²) in [7, 11) is 0. The van der Waals surface area contributed by atoms with E-state index in [1.807, 2.05) is 42.5 Å². The van der Waals surface area contributed by atoms with Crippen molar-refractivity contribution in [2.24, 2.45) is 0 Å². The Kier molecular flexibility index (Phi) is 3.56. The lowest BCUT2D eigenvalue weighted by molar-refractivity contribution is -0.132. The van der Waals surface area contributed by atoms with Gasteiger partial charge in [-0.3, -0.25) is 0 Å². The Balaban J connectivity index is 2.33. The first kappa shape index (κ1) is 12.1. The van der Waals surface area contributed by atoms with Crippen molar-refractivity contribution in [2.75, 3.05) is 0 Å². The molecule has 0 amide bonds. The molecule has 88 valence electrons. The van der Waals surface area contributed by atoms with Gasteiger partial charge in [-0.15, -0.1) is 11.3 Å². The van der Waals surface area contributed by atoms with Crippen LogP contribution in [0.15, 0.2) is 48.0 Å². The van der Waals surface area contributed by atoms with E-state index >= 15 is 0 Å². The molecule has 0 aliphatic rings. The highest BCUT2D eigenvalue weighted by Gasteiger charge is 2.07. The number of carboxylic acids is 1. The molecule has 1 N–H and O–H groups in total. The maximum absolute atomic E-state index is 10.7. The molecule has 1 aromatic heterocycles. The maximum atomic E-state index is 10.7. The molecule has 0 aliphatic heterocycles. The number of carboxylic acid groups (broad SMARTS) is 1. The van der Waals surface area contributed by atoms with Crippen molar-refractivity contribution in [3.8, 4) is 16.5 Å². The van der Waals surface area contributed by atoms with E-state index in [9.17, 15) is 4.79 Å². The summed E-state index contributed by atoms with van der Waals surface area (Å²) in [6.07, 6.45) is 1.39. The lowest BCUT2D eigenvalue weighted by Gasteiger charge is -1.94. The van der Waals surface area contributed by atoms with Crippen molar-refractivity contribution < 1.29 is 9.90 Å². The molecular formula is C14H9NO2S. The fourth-order valence-corrected chi connectivity index (χ4v) is 2.43. The minimum absolute atomic E-state index is 0.253. The zero-order valence-corrected chi connectivity index (χ0v) is 10.1.